The first-order valence-electron chi connectivity index (χ1n) is 9.73. The average molecular weight is 455 g/mol. The lowest BCUT2D eigenvalue weighted by Crippen LogP contribution is -2.59. The van der Waals surface area contributed by atoms with E-state index < -0.39 is 47.9 Å². The minimum atomic E-state index is -1.33. The molecule has 4 atom stereocenters. The lowest BCUT2D eigenvalue weighted by molar-refractivity contribution is -0.142. The first-order chi connectivity index (χ1) is 14.7. The summed E-state index contributed by atoms with van der Waals surface area (Å²) < 4.78 is 0. The van der Waals surface area contributed by atoms with Gasteiger partial charge in [0.15, 0.2) is 0 Å². The molecule has 0 aromatic heterocycles. The molecule has 0 aliphatic carbocycles. The van der Waals surface area contributed by atoms with Gasteiger partial charge in [0.1, 0.15) is 18.1 Å². The third-order valence-electron chi connectivity index (χ3n) is 4.41. The molecule has 31 heavy (non-hydrogen) atoms. The van der Waals surface area contributed by atoms with Crippen LogP contribution in [-0.2, 0) is 25.6 Å². The second-order valence-corrected chi connectivity index (χ2v) is 7.91. The SMILES string of the molecule is CSCCC(NC(=O)C(Cc1ccccc1)NC(=O)C(NC(=O)CN)C(C)O)C(=O)O. The lowest BCUT2D eigenvalue weighted by atomic mass is 10.0. The Morgan fingerprint density at radius 2 is 1.65 bits per heavy atom. The molecule has 0 fully saturated rings. The lowest BCUT2D eigenvalue weighted by Gasteiger charge is -2.25. The zero-order valence-electron chi connectivity index (χ0n) is 17.5. The van der Waals surface area contributed by atoms with Crippen molar-refractivity contribution in [3.05, 3.63) is 35.9 Å². The van der Waals surface area contributed by atoms with Gasteiger partial charge in [0.05, 0.1) is 12.6 Å². The molecular weight excluding hydrogens is 424 g/mol. The predicted octanol–water partition coefficient (Wildman–Crippen LogP) is -1.14. The number of hydrogen-bond acceptors (Lipinski definition) is 7. The molecule has 0 saturated carbocycles. The molecule has 11 heteroatoms. The third-order valence-corrected chi connectivity index (χ3v) is 5.05. The van der Waals surface area contributed by atoms with Gasteiger partial charge in [-0.1, -0.05) is 30.3 Å². The Kier molecular flexibility index (Phi) is 11.6. The van der Waals surface area contributed by atoms with Crippen molar-refractivity contribution >= 4 is 35.5 Å². The Balaban J connectivity index is 3.04. The number of carboxylic acid groups (broad SMARTS) is 1. The van der Waals surface area contributed by atoms with E-state index in [1.165, 1.54) is 18.7 Å². The fourth-order valence-electron chi connectivity index (χ4n) is 2.72. The van der Waals surface area contributed by atoms with Crippen LogP contribution in [0, 0.1) is 0 Å². The van der Waals surface area contributed by atoms with Crippen LogP contribution < -0.4 is 21.7 Å². The smallest absolute Gasteiger partial charge is 0.326 e. The topological polar surface area (TPSA) is 171 Å². The molecule has 0 bridgehead atoms. The van der Waals surface area contributed by atoms with Crippen molar-refractivity contribution in [2.75, 3.05) is 18.6 Å². The number of nitrogens with one attached hydrogen (secondary N) is 3. The molecule has 0 aliphatic heterocycles. The summed E-state index contributed by atoms with van der Waals surface area (Å²) in [7, 11) is 0. The summed E-state index contributed by atoms with van der Waals surface area (Å²) >= 11 is 1.45. The highest BCUT2D eigenvalue weighted by Crippen LogP contribution is 2.07. The first-order valence-corrected chi connectivity index (χ1v) is 11.1. The van der Waals surface area contributed by atoms with Gasteiger partial charge in [-0.15, -0.1) is 0 Å². The van der Waals surface area contributed by atoms with Crippen LogP contribution in [0.1, 0.15) is 18.9 Å². The Morgan fingerprint density at radius 1 is 1.03 bits per heavy atom. The van der Waals surface area contributed by atoms with Crippen molar-refractivity contribution in [2.24, 2.45) is 5.73 Å². The van der Waals surface area contributed by atoms with Crippen molar-refractivity contribution in [1.29, 1.82) is 0 Å². The maximum absolute atomic E-state index is 12.9. The Morgan fingerprint density at radius 3 is 2.16 bits per heavy atom. The van der Waals surface area contributed by atoms with E-state index in [0.717, 1.165) is 5.56 Å². The molecule has 172 valence electrons. The second-order valence-electron chi connectivity index (χ2n) is 6.92. The predicted molar refractivity (Wildman–Crippen MR) is 117 cm³/mol. The highest BCUT2D eigenvalue weighted by atomic mass is 32.2. The van der Waals surface area contributed by atoms with E-state index in [4.69, 9.17) is 5.73 Å². The van der Waals surface area contributed by atoms with Gasteiger partial charge in [0.25, 0.3) is 0 Å². The van der Waals surface area contributed by atoms with Crippen molar-refractivity contribution in [3.63, 3.8) is 0 Å². The van der Waals surface area contributed by atoms with Crippen LogP contribution >= 0.6 is 11.8 Å². The standard InChI is InChI=1S/C20H30N4O6S/c1-12(25)17(24-16(26)11-21)19(28)23-15(10-13-6-4-3-5-7-13)18(27)22-14(20(29)30)8-9-31-2/h3-7,12,14-15,17,25H,8-11,21H2,1-2H3,(H,22,27)(H,23,28)(H,24,26)(H,29,30). The summed E-state index contributed by atoms with van der Waals surface area (Å²) in [4.78, 5) is 48.7. The Bertz CT molecular complexity index is 746. The summed E-state index contributed by atoms with van der Waals surface area (Å²) in [6, 6.07) is 5.30. The molecular formula is C20H30N4O6S. The van der Waals surface area contributed by atoms with E-state index >= 15 is 0 Å². The van der Waals surface area contributed by atoms with Gasteiger partial charge >= 0.3 is 5.97 Å². The quantitative estimate of drug-likeness (QED) is 0.217. The van der Waals surface area contributed by atoms with Crippen LogP contribution in [0.4, 0.5) is 0 Å². The zero-order valence-corrected chi connectivity index (χ0v) is 18.4. The van der Waals surface area contributed by atoms with E-state index in [9.17, 15) is 29.4 Å². The summed E-state index contributed by atoms with van der Waals surface area (Å²) in [5.74, 6) is -2.76. The molecule has 10 nitrogen and oxygen atoms in total. The number of carbonyl (C=O) groups is 4. The highest BCUT2D eigenvalue weighted by Gasteiger charge is 2.31. The van der Waals surface area contributed by atoms with E-state index in [1.807, 2.05) is 6.26 Å². The van der Waals surface area contributed by atoms with Crippen LogP contribution in [-0.4, -0.2) is 76.7 Å². The molecule has 1 aromatic carbocycles. The van der Waals surface area contributed by atoms with Gasteiger partial charge in [-0.3, -0.25) is 14.4 Å². The number of hydrogen-bond donors (Lipinski definition) is 6. The molecule has 0 spiro atoms. The number of aliphatic carboxylic acids is 1. The van der Waals surface area contributed by atoms with Crippen LogP contribution in [0.25, 0.3) is 0 Å². The molecule has 1 rings (SSSR count). The summed E-state index contributed by atoms with van der Waals surface area (Å²) in [6.45, 7) is 0.941. The normalized spacial score (nSPS) is 14.6. The van der Waals surface area contributed by atoms with Gasteiger partial charge in [0.2, 0.25) is 17.7 Å². The van der Waals surface area contributed by atoms with Crippen molar-refractivity contribution in [3.8, 4) is 0 Å². The van der Waals surface area contributed by atoms with Gasteiger partial charge in [-0.2, -0.15) is 11.8 Å². The number of thioether (sulfide) groups is 1. The minimum Gasteiger partial charge on any atom is -0.480 e. The maximum Gasteiger partial charge on any atom is 0.326 e. The fraction of sp³-hybridized carbons (Fsp3) is 0.500. The Hall–Kier alpha value is -2.63. The molecule has 1 aromatic rings. The number of rotatable bonds is 13. The second kappa shape index (κ2) is 13.6. The number of benzene rings is 1. The van der Waals surface area contributed by atoms with E-state index in [0.29, 0.717) is 5.75 Å². The van der Waals surface area contributed by atoms with Gasteiger partial charge in [0, 0.05) is 6.42 Å². The van der Waals surface area contributed by atoms with Gasteiger partial charge in [-0.25, -0.2) is 4.79 Å². The highest BCUT2D eigenvalue weighted by molar-refractivity contribution is 7.98. The molecule has 0 radical (unpaired) electrons. The van der Waals surface area contributed by atoms with Gasteiger partial charge < -0.3 is 31.9 Å². The van der Waals surface area contributed by atoms with Crippen LogP contribution in [0.5, 0.6) is 0 Å². The maximum atomic E-state index is 12.9. The molecule has 3 amide bonds. The average Bonchev–Trinajstić information content (AvgIpc) is 2.74. The number of amides is 3. The number of aliphatic hydroxyl groups excluding tert-OH is 1. The molecule has 7 N–H and O–H groups in total. The molecule has 0 saturated heterocycles. The fourth-order valence-corrected chi connectivity index (χ4v) is 3.19. The number of nitrogens with two attached hydrogens (primary N) is 1. The number of carbonyl (C=O) groups excluding carboxylic acids is 3. The molecule has 4 unspecified atom stereocenters. The molecule has 0 aliphatic rings. The van der Waals surface area contributed by atoms with Gasteiger partial charge in [-0.05, 0) is 30.9 Å². The van der Waals surface area contributed by atoms with Crippen molar-refractivity contribution in [1.82, 2.24) is 16.0 Å². The van der Waals surface area contributed by atoms with E-state index in [-0.39, 0.29) is 19.4 Å². The Labute approximate surface area is 185 Å². The van der Waals surface area contributed by atoms with Crippen LogP contribution in [0.2, 0.25) is 0 Å². The van der Waals surface area contributed by atoms with Crippen molar-refractivity contribution in [2.45, 2.75) is 44.0 Å². The van der Waals surface area contributed by atoms with Crippen LogP contribution in [0.15, 0.2) is 30.3 Å². The van der Waals surface area contributed by atoms with Crippen LogP contribution in [0.3, 0.4) is 0 Å². The number of aliphatic hydroxyl groups is 1. The zero-order chi connectivity index (χ0) is 23.4. The third kappa shape index (κ3) is 9.37. The summed E-state index contributed by atoms with van der Waals surface area (Å²) in [6.07, 6.45) is 0.886. The van der Waals surface area contributed by atoms with E-state index in [1.54, 1.807) is 30.3 Å². The van der Waals surface area contributed by atoms with E-state index in [2.05, 4.69) is 16.0 Å². The monoisotopic (exact) mass is 454 g/mol. The first kappa shape index (κ1) is 26.4. The summed E-state index contributed by atoms with van der Waals surface area (Å²) in [5.41, 5.74) is 5.98. The largest absolute Gasteiger partial charge is 0.480 e. The summed E-state index contributed by atoms with van der Waals surface area (Å²) in [5, 5.41) is 26.6. The molecule has 0 heterocycles. The van der Waals surface area contributed by atoms with Crippen molar-refractivity contribution < 1.29 is 29.4 Å². The number of carboxylic acids is 1. The minimum absolute atomic E-state index is 0.0879.